The Morgan fingerprint density at radius 3 is 3.03 bits per heavy atom. The van der Waals surface area contributed by atoms with E-state index in [1.54, 1.807) is 12.3 Å². The second-order valence-corrected chi connectivity index (χ2v) is 6.05. The molecule has 5 heterocycles. The molecule has 0 fully saturated rings. The van der Waals surface area contributed by atoms with Crippen LogP contribution in [0.25, 0.3) is 28.1 Å². The van der Waals surface area contributed by atoms with E-state index >= 15 is 0 Å². The van der Waals surface area contributed by atoms with Crippen LogP contribution in [0.3, 0.4) is 0 Å². The predicted molar refractivity (Wildman–Crippen MR) is 98.2 cm³/mol. The van der Waals surface area contributed by atoms with Crippen molar-refractivity contribution in [1.29, 1.82) is 0 Å². The van der Waals surface area contributed by atoms with Gasteiger partial charge in [0.05, 0.1) is 18.1 Å². The molecule has 0 saturated heterocycles. The molecule has 29 heavy (non-hydrogen) atoms. The van der Waals surface area contributed by atoms with Crippen LogP contribution in [-0.4, -0.2) is 51.7 Å². The molecule has 0 saturated carbocycles. The highest BCUT2D eigenvalue weighted by Crippen LogP contribution is 2.30. The first-order valence-electron chi connectivity index (χ1n) is 8.87. The molecule has 1 atom stereocenters. The maximum absolute atomic E-state index is 6.02. The Labute approximate surface area is 162 Å². The van der Waals surface area contributed by atoms with Crippen LogP contribution in [-0.2, 0) is 0 Å². The van der Waals surface area contributed by atoms with Crippen molar-refractivity contribution < 1.29 is 14.0 Å². The molecule has 0 amide bonds. The first-order chi connectivity index (χ1) is 14.2. The predicted octanol–water partition coefficient (Wildman–Crippen LogP) is 1.98. The standard InChI is InChI=1S/C17H15N9O3/c1-3-27-12-7-11(25-29-12)16-23-22-15-10-5-4-6-18-13(10)17(24-26(15)16)28-9(2)14-19-8-20-21-14/h4-9H,3H2,1-2H3,(H,19,20,21). The van der Waals surface area contributed by atoms with Crippen molar-refractivity contribution in [2.45, 2.75) is 20.0 Å². The molecule has 1 N–H and O–H groups in total. The summed E-state index contributed by atoms with van der Waals surface area (Å²) < 4.78 is 18.1. The monoisotopic (exact) mass is 393 g/mol. The molecule has 5 rings (SSSR count). The average molecular weight is 393 g/mol. The van der Waals surface area contributed by atoms with Crippen LogP contribution in [0.2, 0.25) is 0 Å². The van der Waals surface area contributed by atoms with Crippen LogP contribution in [0.1, 0.15) is 25.8 Å². The SMILES string of the molecule is CCOc1cc(-c2nnc3c4cccnc4c(OC(C)c4nc[nH]n4)nn23)no1. The van der Waals surface area contributed by atoms with Crippen LogP contribution in [0, 0.1) is 0 Å². The number of aromatic amines is 1. The number of pyridine rings is 1. The first-order valence-corrected chi connectivity index (χ1v) is 8.87. The van der Waals surface area contributed by atoms with E-state index in [-0.39, 0.29) is 5.95 Å². The minimum Gasteiger partial charge on any atom is -0.464 e. The molecule has 0 aromatic carbocycles. The third-order valence-electron chi connectivity index (χ3n) is 4.17. The summed E-state index contributed by atoms with van der Waals surface area (Å²) in [4.78, 5) is 8.53. The fourth-order valence-electron chi connectivity index (χ4n) is 2.88. The largest absolute Gasteiger partial charge is 0.464 e. The number of nitrogens with zero attached hydrogens (tertiary/aromatic N) is 8. The van der Waals surface area contributed by atoms with E-state index in [0.717, 1.165) is 5.39 Å². The van der Waals surface area contributed by atoms with Crippen LogP contribution in [0.5, 0.6) is 11.8 Å². The Hall–Kier alpha value is -4.09. The molecule has 5 aromatic rings. The number of aromatic nitrogens is 9. The summed E-state index contributed by atoms with van der Waals surface area (Å²) in [6.07, 6.45) is 2.70. The fraction of sp³-hybridized carbons (Fsp3) is 0.235. The highest BCUT2D eigenvalue weighted by atomic mass is 16.6. The second-order valence-electron chi connectivity index (χ2n) is 6.05. The van der Waals surface area contributed by atoms with Gasteiger partial charge in [0, 0.05) is 6.20 Å². The quantitative estimate of drug-likeness (QED) is 0.455. The number of fused-ring (bicyclic) bond motifs is 3. The molecule has 12 nitrogen and oxygen atoms in total. The third kappa shape index (κ3) is 2.90. The molecule has 1 unspecified atom stereocenters. The van der Waals surface area contributed by atoms with Crippen molar-refractivity contribution >= 4 is 16.6 Å². The first kappa shape index (κ1) is 17.0. The highest BCUT2D eigenvalue weighted by molar-refractivity contribution is 5.94. The van der Waals surface area contributed by atoms with Gasteiger partial charge in [-0.05, 0) is 26.0 Å². The molecule has 0 bridgehead atoms. The number of rotatable bonds is 6. The van der Waals surface area contributed by atoms with Crippen molar-refractivity contribution in [3.05, 3.63) is 36.5 Å². The summed E-state index contributed by atoms with van der Waals surface area (Å²) in [7, 11) is 0. The normalized spacial score (nSPS) is 12.5. The molecular weight excluding hydrogens is 378 g/mol. The maximum Gasteiger partial charge on any atom is 0.311 e. The summed E-state index contributed by atoms with van der Waals surface area (Å²) in [5, 5.41) is 24.5. The smallest absolute Gasteiger partial charge is 0.311 e. The summed E-state index contributed by atoms with van der Waals surface area (Å²) in [5.74, 6) is 1.46. The number of hydrogen-bond acceptors (Lipinski definition) is 10. The Bertz CT molecular complexity index is 1280. The summed E-state index contributed by atoms with van der Waals surface area (Å²) in [6.45, 7) is 4.14. The van der Waals surface area contributed by atoms with Gasteiger partial charge in [0.25, 0.3) is 5.88 Å². The van der Waals surface area contributed by atoms with E-state index in [1.165, 1.54) is 10.8 Å². The second kappa shape index (κ2) is 6.82. The summed E-state index contributed by atoms with van der Waals surface area (Å²) in [5.41, 5.74) is 1.50. The Morgan fingerprint density at radius 1 is 1.28 bits per heavy atom. The van der Waals surface area contributed by atoms with Gasteiger partial charge >= 0.3 is 5.95 Å². The minimum atomic E-state index is -0.451. The van der Waals surface area contributed by atoms with Crippen LogP contribution in [0.4, 0.5) is 0 Å². The van der Waals surface area contributed by atoms with Gasteiger partial charge in [-0.1, -0.05) is 5.16 Å². The van der Waals surface area contributed by atoms with Crippen molar-refractivity contribution in [3.63, 3.8) is 0 Å². The summed E-state index contributed by atoms with van der Waals surface area (Å²) in [6, 6.07) is 5.31. The number of ether oxygens (including phenoxy) is 2. The van der Waals surface area contributed by atoms with Gasteiger partial charge < -0.3 is 14.0 Å². The molecule has 0 spiro atoms. The zero-order valence-electron chi connectivity index (χ0n) is 15.5. The minimum absolute atomic E-state index is 0.288. The van der Waals surface area contributed by atoms with Gasteiger partial charge in [-0.15, -0.1) is 15.3 Å². The van der Waals surface area contributed by atoms with Gasteiger partial charge in [0.15, 0.2) is 23.3 Å². The number of hydrogen-bond donors (Lipinski definition) is 1. The molecule has 0 radical (unpaired) electrons. The maximum atomic E-state index is 6.02. The van der Waals surface area contributed by atoms with Gasteiger partial charge in [-0.25, -0.2) is 4.98 Å². The third-order valence-corrected chi connectivity index (χ3v) is 4.17. The lowest BCUT2D eigenvalue weighted by Crippen LogP contribution is -2.09. The molecule has 0 aliphatic carbocycles. The van der Waals surface area contributed by atoms with Crippen LogP contribution < -0.4 is 9.47 Å². The van der Waals surface area contributed by atoms with Crippen molar-refractivity contribution in [1.82, 2.24) is 45.1 Å². The van der Waals surface area contributed by atoms with Gasteiger partial charge in [-0.3, -0.25) is 10.1 Å². The molecule has 146 valence electrons. The highest BCUT2D eigenvalue weighted by Gasteiger charge is 2.21. The topological polar surface area (TPSA) is 142 Å². The zero-order valence-corrected chi connectivity index (χ0v) is 15.5. The Morgan fingerprint density at radius 2 is 2.21 bits per heavy atom. The van der Waals surface area contributed by atoms with Crippen LogP contribution >= 0.6 is 0 Å². The molecule has 0 aliphatic rings. The number of H-pyrrole nitrogens is 1. The van der Waals surface area contributed by atoms with E-state index in [0.29, 0.717) is 41.0 Å². The lowest BCUT2D eigenvalue weighted by atomic mass is 10.3. The van der Waals surface area contributed by atoms with E-state index in [9.17, 15) is 0 Å². The number of nitrogens with one attached hydrogen (secondary N) is 1. The van der Waals surface area contributed by atoms with E-state index in [1.807, 2.05) is 26.0 Å². The van der Waals surface area contributed by atoms with Gasteiger partial charge in [-0.2, -0.15) is 9.61 Å². The van der Waals surface area contributed by atoms with Crippen molar-refractivity contribution in [3.8, 4) is 23.3 Å². The average Bonchev–Trinajstić information content (AvgIpc) is 3.49. The van der Waals surface area contributed by atoms with Crippen molar-refractivity contribution in [2.75, 3.05) is 6.61 Å². The summed E-state index contributed by atoms with van der Waals surface area (Å²) >= 11 is 0. The Balaban J connectivity index is 1.65. The van der Waals surface area contributed by atoms with Crippen molar-refractivity contribution in [2.24, 2.45) is 0 Å². The lowest BCUT2D eigenvalue weighted by Gasteiger charge is -2.12. The van der Waals surface area contributed by atoms with E-state index in [2.05, 4.69) is 40.6 Å². The van der Waals surface area contributed by atoms with E-state index < -0.39 is 6.10 Å². The molecule has 5 aromatic heterocycles. The Kier molecular flexibility index (Phi) is 4.00. The lowest BCUT2D eigenvalue weighted by molar-refractivity contribution is 0.207. The van der Waals surface area contributed by atoms with Crippen LogP contribution in [0.15, 0.2) is 35.2 Å². The molecule has 0 aliphatic heterocycles. The van der Waals surface area contributed by atoms with Gasteiger partial charge in [0.2, 0.25) is 5.82 Å². The van der Waals surface area contributed by atoms with E-state index in [4.69, 9.17) is 14.0 Å². The van der Waals surface area contributed by atoms with Gasteiger partial charge in [0.1, 0.15) is 11.8 Å². The fourth-order valence-corrected chi connectivity index (χ4v) is 2.88. The molecular formula is C17H15N9O3. The molecule has 12 heteroatoms. The zero-order chi connectivity index (χ0) is 19.8.